The molecule has 0 amide bonds. The molecule has 0 radical (unpaired) electrons. The van der Waals surface area contributed by atoms with Gasteiger partial charge in [-0.2, -0.15) is 4.79 Å². The summed E-state index contributed by atoms with van der Waals surface area (Å²) in [6, 6.07) is 32.9. The second-order valence-electron chi connectivity index (χ2n) is 44.1. The van der Waals surface area contributed by atoms with Crippen LogP contribution in [0.4, 0.5) is 0 Å². The number of aryl methyl sites for hydroxylation is 5. The number of aliphatic hydroxyl groups is 4. The quantitative estimate of drug-likeness (QED) is 0.0196. The average Bonchev–Trinajstić information content (AvgIpc) is 1.55. The van der Waals surface area contributed by atoms with Crippen LogP contribution in [0, 0.1) is 76.0 Å². The van der Waals surface area contributed by atoms with E-state index in [2.05, 4.69) is 162 Å². The van der Waals surface area contributed by atoms with Crippen molar-refractivity contribution in [3.05, 3.63) is 185 Å². The molecule has 8 saturated carbocycles. The van der Waals surface area contributed by atoms with Gasteiger partial charge in [0.2, 0.25) is 5.78 Å². The summed E-state index contributed by atoms with van der Waals surface area (Å²) in [4.78, 5) is 92.7. The topological polar surface area (TPSA) is 383 Å². The zero-order valence-electron chi connectivity index (χ0n) is 83.3. The van der Waals surface area contributed by atoms with Crippen LogP contribution >= 0.6 is 0 Å². The Bertz CT molecular complexity index is 5460. The standard InChI is InChI=1S/C27H37NO4.C25H35NO3.C23H27N3O3.C21H27NO2.C7H7N3O2S.C4H10O.CH4O.2CH4.Na.H2O/c1-17(2)16-31-24-14-27(32-19(4)29)25-12-21-8-5-18(3)11-22(21)26(27,13-23(24)30)9-10-28(25)15-20-6-7-20;1-16(2)15-29-22-13-25(28)23-11-19-7-4-17(3)10-20(19)24(25,12-21(22)27)8-9-26(23)14-18-5-6-18;1-14-3-6-17-10-21-23(29-15(2)27)11-19(25-24)20(28)12-22(23,18(17)9-14)7-8-26(21)13-16-4-5-16;1-14-2-5-16-11-19-21(24)7-6-17(23)12-20(21,18(16)10-14)8-9-22(19)13-15-3-4-15;1-6-2-4-7(5-3-6)13(11,12)10-9-8;1-4(2)3-5;1-2;;;;/h5,8,11,17,20,24-25H,6-7,9-10,12-16H2,1-4H3;4,7,10,16,18,22-23,28H,5-6,8-9,11-15H2,1-3H3;3,6,9,16,21H,4-5,7-8,10-13H2,1-2H3;2,5,10,15,19,24H,3-4,6-9,11-13H2,1H3;2-5H,1H3;4-5H,3H2,1-2H3;2H,1H3;2*1H4;;1H2/q;;;;;;;;;+1;/p-1/t24-,25+,26+,27+;22-,23+,24+,25+;21-,22-,23-;19-,20-,21-;;;;;;;/m0011......./s1. The number of aliphatic hydroxyl groups excluding tert-OH is 2. The van der Waals surface area contributed by atoms with E-state index in [-0.39, 0.29) is 132 Å². The van der Waals surface area contributed by atoms with E-state index in [0.29, 0.717) is 94.2 Å². The summed E-state index contributed by atoms with van der Waals surface area (Å²) in [5.41, 5.74) is 28.5. The van der Waals surface area contributed by atoms with Crippen LogP contribution in [-0.2, 0) is 105 Å². The molecular weight excluding hydrogens is 1770 g/mol. The SMILES string of the molecule is C.C.CC(=O)O[C@@]12CC(=[N+]=[N-])C(=O)C[C@@]13CCN(CC1CC1)[C@@H]2Cc1ccc(C)cc13.CC(=O)O[C@@]12C[C@H](OCC(C)C)C(=O)C[C@@]13CCN(CC1CC1)[C@@H]2Cc1ccc(C)cc13.CC(C)CO.CO.Cc1ccc(S(=O)(=O)N=[N+]=[N-])cc1.Cc1ccc2c(c1)[C@]13CCN(CC4CC4)[C@H](C2)[C@]1(O)CCC(=O)C3.Cc1ccc2c(c1)[C@]13CCN(CC4CC4)[C@H](C2)[C@]1(O)C[C@H](OCC(C)C)C(=O)C3.[Na+].[OH-]. The van der Waals surface area contributed by atoms with Gasteiger partial charge in [0.1, 0.15) is 29.2 Å². The maximum atomic E-state index is 13.5. The number of carbonyl (C=O) groups excluding carboxylic acids is 6. The van der Waals surface area contributed by atoms with E-state index in [1.165, 1.54) is 133 Å². The Hall–Kier alpha value is -7.08. The number of Topliss-reactive ketones (excluding diaryl/α,β-unsaturated/α-hetero) is 4. The fourth-order valence-electron chi connectivity index (χ4n) is 25.9. The number of hydrogen-bond acceptors (Lipinski definition) is 21. The third-order valence-electron chi connectivity index (χ3n) is 33.1. The van der Waals surface area contributed by atoms with Crippen LogP contribution in [0.1, 0.15) is 277 Å². The maximum Gasteiger partial charge on any atom is 1.00 e. The minimum absolute atomic E-state index is 0. The number of sulfonamides is 1. The molecule has 750 valence electrons. The molecule has 21 rings (SSSR count). The number of esters is 2. The van der Waals surface area contributed by atoms with E-state index < -0.39 is 60.9 Å². The number of azide groups is 1. The van der Waals surface area contributed by atoms with Crippen LogP contribution in [0.5, 0.6) is 0 Å². The monoisotopic (exact) mass is 1930 g/mol. The van der Waals surface area contributed by atoms with Gasteiger partial charge in [0, 0.05) is 155 Å². The van der Waals surface area contributed by atoms with Gasteiger partial charge in [0.15, 0.2) is 11.6 Å². The molecule has 138 heavy (non-hydrogen) atoms. The van der Waals surface area contributed by atoms with Crippen LogP contribution in [0.15, 0.2) is 106 Å². The van der Waals surface area contributed by atoms with E-state index in [9.17, 15) is 52.9 Å². The molecule has 0 spiro atoms. The summed E-state index contributed by atoms with van der Waals surface area (Å²) in [6.07, 6.45) is 20.2. The van der Waals surface area contributed by atoms with Gasteiger partial charge in [-0.1, -0.05) is 169 Å². The molecule has 26 nitrogen and oxygen atoms in total. The number of rotatable bonds is 19. The molecule has 5 aromatic carbocycles. The zero-order chi connectivity index (χ0) is 96.2. The Morgan fingerprint density at radius 2 is 0.812 bits per heavy atom. The number of piperidine rings is 4. The molecule has 0 unspecified atom stereocenters. The Morgan fingerprint density at radius 1 is 0.471 bits per heavy atom. The summed E-state index contributed by atoms with van der Waals surface area (Å²) in [7, 11) is -2.82. The summed E-state index contributed by atoms with van der Waals surface area (Å²) < 4.78 is 49.8. The first-order valence-electron chi connectivity index (χ1n) is 50.0. The van der Waals surface area contributed by atoms with Crippen LogP contribution < -0.4 is 29.6 Å². The van der Waals surface area contributed by atoms with E-state index >= 15 is 0 Å². The van der Waals surface area contributed by atoms with Gasteiger partial charge in [0.25, 0.3) is 10.0 Å². The van der Waals surface area contributed by atoms with Gasteiger partial charge >= 0.3 is 47.2 Å². The number of ketones is 4. The molecule has 12 fully saturated rings. The predicted molar refractivity (Wildman–Crippen MR) is 528 cm³/mol. The number of carbonyl (C=O) groups is 6. The van der Waals surface area contributed by atoms with E-state index in [1.54, 1.807) is 12.1 Å². The number of likely N-dealkylation sites (tertiary alicyclic amines) is 4. The molecule has 8 bridgehead atoms. The number of fused-ring (bicyclic) bond motifs is 4. The van der Waals surface area contributed by atoms with Crippen molar-refractivity contribution < 1.29 is 116 Å². The van der Waals surface area contributed by atoms with Crippen LogP contribution in [-0.4, -0.2) is 238 Å². The molecule has 4 saturated heterocycles. The molecule has 4 heterocycles. The van der Waals surface area contributed by atoms with Gasteiger partial charge in [-0.25, -0.2) is 8.42 Å². The van der Waals surface area contributed by atoms with Crippen molar-refractivity contribution in [2.75, 3.05) is 79.3 Å². The number of benzene rings is 5. The minimum atomic E-state index is -3.82. The smallest absolute Gasteiger partial charge is 0.870 e. The molecule has 5 N–H and O–H groups in total. The van der Waals surface area contributed by atoms with E-state index in [4.69, 9.17) is 34.7 Å². The predicted octanol–water partition coefficient (Wildman–Crippen LogP) is 13.1. The Morgan fingerprint density at radius 3 is 1.20 bits per heavy atom. The van der Waals surface area contributed by atoms with Crippen LogP contribution in [0.2, 0.25) is 0 Å². The number of ether oxygens (including phenoxy) is 4. The fraction of sp³-hybridized carbons (Fsp3) is 0.664. The first-order chi connectivity index (χ1) is 63.8. The van der Waals surface area contributed by atoms with Crippen molar-refractivity contribution >= 4 is 50.8 Å². The van der Waals surface area contributed by atoms with Crippen molar-refractivity contribution in [2.45, 2.75) is 351 Å². The second-order valence-corrected chi connectivity index (χ2v) is 45.7. The van der Waals surface area contributed by atoms with Crippen molar-refractivity contribution in [3.8, 4) is 0 Å². The van der Waals surface area contributed by atoms with Gasteiger partial charge in [-0.05, 0) is 274 Å². The largest absolute Gasteiger partial charge is 1.00 e. The van der Waals surface area contributed by atoms with E-state index in [0.717, 1.165) is 145 Å². The maximum absolute atomic E-state index is 13.5. The van der Waals surface area contributed by atoms with Gasteiger partial charge in [-0.15, -0.1) is 0 Å². The normalized spacial score (nSPS) is 30.8. The van der Waals surface area contributed by atoms with Gasteiger partial charge in [0.05, 0.1) is 34.6 Å². The molecule has 28 heteroatoms. The van der Waals surface area contributed by atoms with Crippen LogP contribution in [0.3, 0.4) is 0 Å². The molecule has 16 aliphatic rings. The van der Waals surface area contributed by atoms with Crippen molar-refractivity contribution in [1.29, 1.82) is 0 Å². The first kappa shape index (κ1) is 111. The summed E-state index contributed by atoms with van der Waals surface area (Å²) >= 11 is 0. The fourth-order valence-corrected chi connectivity index (χ4v) is 26.6. The molecule has 14 atom stereocenters. The van der Waals surface area contributed by atoms with Crippen LogP contribution in [0.25, 0.3) is 16.0 Å². The molecule has 5 aromatic rings. The van der Waals surface area contributed by atoms with Crippen molar-refractivity contribution in [2.24, 2.45) is 45.9 Å². The minimum Gasteiger partial charge on any atom is -0.870 e. The summed E-state index contributed by atoms with van der Waals surface area (Å²) in [5.74, 6) is 4.24. The van der Waals surface area contributed by atoms with Gasteiger partial charge < -0.3 is 50.4 Å². The number of nitrogens with zero attached hydrogens (tertiary/aromatic N) is 9. The molecule has 0 aromatic heterocycles. The van der Waals surface area contributed by atoms with Crippen molar-refractivity contribution in [1.82, 2.24) is 19.6 Å². The molecular formula is C110H156N9NaO17S. The third-order valence-corrected chi connectivity index (χ3v) is 34.2. The Kier molecular flexibility index (Phi) is 36.0. The van der Waals surface area contributed by atoms with E-state index in [1.807, 2.05) is 20.8 Å². The Labute approximate surface area is 842 Å². The molecule has 12 aliphatic carbocycles. The summed E-state index contributed by atoms with van der Waals surface area (Å²) in [5, 5.41) is 39.5. The third kappa shape index (κ3) is 22.0. The summed E-state index contributed by atoms with van der Waals surface area (Å²) in [6.45, 7) is 35.2. The van der Waals surface area contributed by atoms with Crippen molar-refractivity contribution in [3.63, 3.8) is 0 Å². The number of hydrogen-bond donors (Lipinski definition) is 4. The second kappa shape index (κ2) is 44.6. The molecule has 4 aliphatic heterocycles. The first-order valence-corrected chi connectivity index (χ1v) is 51.4. The zero-order valence-corrected chi connectivity index (χ0v) is 86.1. The van der Waals surface area contributed by atoms with Gasteiger partial charge in [-0.3, -0.25) is 48.4 Å². The average molecular weight is 1930 g/mol. The Balaban J connectivity index is 0.000000164.